The number of nitrogens with zero attached hydrogens (tertiary/aromatic N) is 4. The average molecular weight is 1020 g/mol. The Kier molecular flexibility index (Phi) is 15.2. The third-order valence-electron chi connectivity index (χ3n) is 12.9. The van der Waals surface area contributed by atoms with Gasteiger partial charge >= 0.3 is 18.0 Å². The van der Waals surface area contributed by atoms with Crippen LogP contribution in [-0.4, -0.2) is 149 Å². The van der Waals surface area contributed by atoms with Crippen LogP contribution in [0.3, 0.4) is 0 Å². The van der Waals surface area contributed by atoms with Gasteiger partial charge in [-0.15, -0.1) is 0 Å². The van der Waals surface area contributed by atoms with Crippen LogP contribution in [-0.2, 0) is 40.0 Å². The van der Waals surface area contributed by atoms with Crippen molar-refractivity contribution < 1.29 is 53.2 Å². The van der Waals surface area contributed by atoms with Crippen LogP contribution >= 0.6 is 21.6 Å². The molecule has 7 rings (SSSR count). The summed E-state index contributed by atoms with van der Waals surface area (Å²) >= 11 is 0. The Hall–Kier alpha value is -6.61. The number of anilines is 2. The molecule has 3 aliphatic heterocycles. The topological polar surface area (TPSA) is 375 Å². The number of fused-ring (bicyclic) bond motifs is 5. The number of primary amides is 1. The molecule has 24 nitrogen and oxygen atoms in total. The zero-order valence-corrected chi connectivity index (χ0v) is 41.3. The number of nitrogens with two attached hydrogens (primary N) is 2. The zero-order chi connectivity index (χ0) is 51.7. The molecule has 0 saturated carbocycles. The summed E-state index contributed by atoms with van der Waals surface area (Å²) in [5, 5.41) is 35.0. The van der Waals surface area contributed by atoms with Crippen LogP contribution in [0.4, 0.5) is 16.4 Å². The van der Waals surface area contributed by atoms with Crippen LogP contribution in [0.1, 0.15) is 69.9 Å². The molecule has 1 aliphatic carbocycles. The Balaban J connectivity index is 0.859. The van der Waals surface area contributed by atoms with Gasteiger partial charge < -0.3 is 52.0 Å². The van der Waals surface area contributed by atoms with Crippen LogP contribution in [0.15, 0.2) is 57.8 Å². The maximum absolute atomic E-state index is 14.3. The van der Waals surface area contributed by atoms with E-state index >= 15 is 0 Å². The molecule has 1 unspecified atom stereocenters. The molecule has 3 aromatic rings. The minimum absolute atomic E-state index is 0.0218. The first kappa shape index (κ1) is 52.2. The largest absolute Gasteiger partial charge is 0.480 e. The summed E-state index contributed by atoms with van der Waals surface area (Å²) in [6.07, 6.45) is 0.359. The van der Waals surface area contributed by atoms with Crippen LogP contribution in [0.5, 0.6) is 0 Å². The van der Waals surface area contributed by atoms with E-state index in [0.717, 1.165) is 0 Å². The van der Waals surface area contributed by atoms with Gasteiger partial charge in [0.05, 0.1) is 47.5 Å². The number of carboxylic acid groups (broad SMARTS) is 2. The Morgan fingerprint density at radius 1 is 1.01 bits per heavy atom. The number of carbonyl (C=O) groups excluding carboxylic acids is 5. The number of Topliss-reactive ketones (excluding diaryl/α,β-unsaturated/α-hetero) is 3. The smallest absolute Gasteiger partial charge is 0.404 e. The summed E-state index contributed by atoms with van der Waals surface area (Å²) in [7, 11) is 4.20. The zero-order valence-electron chi connectivity index (χ0n) is 39.7. The van der Waals surface area contributed by atoms with E-state index in [1.165, 1.54) is 53.8 Å². The Morgan fingerprint density at radius 2 is 1.72 bits per heavy atom. The number of ketones is 3. The van der Waals surface area contributed by atoms with Gasteiger partial charge in [0.25, 0.3) is 11.5 Å². The molecule has 2 amide bonds. The number of rotatable bonds is 24. The molecule has 2 aromatic heterocycles. The summed E-state index contributed by atoms with van der Waals surface area (Å²) < 4.78 is 11.0. The highest BCUT2D eigenvalue weighted by molar-refractivity contribution is 8.76. The van der Waals surface area contributed by atoms with Gasteiger partial charge in [-0.1, -0.05) is 21.6 Å². The highest BCUT2D eigenvalue weighted by Gasteiger charge is 2.73. The summed E-state index contributed by atoms with van der Waals surface area (Å²) in [6.45, 7) is 8.76. The highest BCUT2D eigenvalue weighted by Crippen LogP contribution is 2.54. The van der Waals surface area contributed by atoms with Crippen LogP contribution in [0, 0.1) is 5.92 Å². The molecule has 26 heteroatoms. The fourth-order valence-corrected chi connectivity index (χ4v) is 11.5. The lowest BCUT2D eigenvalue weighted by molar-refractivity contribution is -0.140. The molecule has 2 saturated heterocycles. The van der Waals surface area contributed by atoms with Gasteiger partial charge in [0.2, 0.25) is 17.5 Å². The van der Waals surface area contributed by atoms with Crippen molar-refractivity contribution in [2.75, 3.05) is 42.8 Å². The number of benzene rings is 1. The Morgan fingerprint density at radius 3 is 2.38 bits per heavy atom. The third-order valence-corrected chi connectivity index (χ3v) is 15.3. The van der Waals surface area contributed by atoms with Crippen LogP contribution in [0.25, 0.3) is 11.2 Å². The predicted octanol–water partition coefficient (Wildman–Crippen LogP) is 0.805. The molecular formula is C45H56N12O12S2. The van der Waals surface area contributed by atoms with Gasteiger partial charge in [-0.2, -0.15) is 4.98 Å². The number of nitrogen functional groups attached to an aromatic ring is 1. The summed E-state index contributed by atoms with van der Waals surface area (Å²) in [5.74, 6) is -4.62. The second-order valence-corrected chi connectivity index (χ2v) is 21.3. The van der Waals surface area contributed by atoms with Crippen molar-refractivity contribution in [1.82, 2.24) is 46.1 Å². The Bertz CT molecular complexity index is 2800. The number of amides is 2. The number of aliphatic carboxylic acids is 2. The van der Waals surface area contributed by atoms with E-state index in [1.807, 2.05) is 18.7 Å². The minimum atomic E-state index is -1.43. The molecule has 6 atom stereocenters. The number of piperazine rings is 1. The molecule has 5 heterocycles. The van der Waals surface area contributed by atoms with E-state index in [9.17, 15) is 48.6 Å². The quantitative estimate of drug-likeness (QED) is 0.0257. The molecule has 0 bridgehead atoms. The van der Waals surface area contributed by atoms with Gasteiger partial charge in [0, 0.05) is 65.4 Å². The number of carboxylic acids is 2. The standard InChI is InChI=1S/C45H56N12O12S2/c1-20-30(34(60)29-24(18-69-42(47)67)35-45(68-6)27(55-45)17-57(35)32(29)33(20)59)56-43(2,3)13-14-70-71-19-26(40(65)66)54-44(4,5)28(58)12-11-25(39(63)64)51-37(61)21-7-9-22(10-8-21)48-15-23-16-49-36-31(50-23)38(62)53-41(46)52-36/h7-10,16,24-27,35,48,54-56H,11-15,17-19H2,1-6H3,(H2,47,67)(H,51,61)(H,63,64)(H,65,66)(H3,46,49,52,53,62)/t24-,25+,26+,27+,35?,45-/m1/s1. The van der Waals surface area contributed by atoms with Gasteiger partial charge in [-0.3, -0.25) is 44.4 Å². The van der Waals surface area contributed by atoms with Crippen molar-refractivity contribution in [3.63, 3.8) is 0 Å². The molecule has 71 heavy (non-hydrogen) atoms. The molecule has 0 spiro atoms. The first-order valence-electron chi connectivity index (χ1n) is 22.5. The monoisotopic (exact) mass is 1020 g/mol. The number of methoxy groups -OCH3 is 1. The molecule has 1 aromatic carbocycles. The van der Waals surface area contributed by atoms with Gasteiger partial charge in [0.15, 0.2) is 22.7 Å². The maximum Gasteiger partial charge on any atom is 0.404 e. The second-order valence-electron chi connectivity index (χ2n) is 18.7. The highest BCUT2D eigenvalue weighted by atomic mass is 33.1. The molecule has 380 valence electrons. The molecule has 2 fully saturated rings. The fraction of sp³-hybridized carbons (Fsp3) is 0.489. The summed E-state index contributed by atoms with van der Waals surface area (Å²) in [6, 6.07) is 3.01. The summed E-state index contributed by atoms with van der Waals surface area (Å²) in [5.41, 5.74) is 9.63. The lowest BCUT2D eigenvalue weighted by Crippen LogP contribution is -2.55. The Labute approximate surface area is 414 Å². The number of hydrogen-bond acceptors (Lipinski definition) is 21. The average Bonchev–Trinajstić information content (AvgIpc) is 3.78. The van der Waals surface area contributed by atoms with Gasteiger partial charge in [-0.25, -0.2) is 19.6 Å². The first-order chi connectivity index (χ1) is 33.5. The van der Waals surface area contributed by atoms with Crippen molar-refractivity contribution in [2.45, 2.75) is 101 Å². The molecule has 12 N–H and O–H groups in total. The maximum atomic E-state index is 14.3. The van der Waals surface area contributed by atoms with E-state index in [2.05, 4.69) is 46.5 Å². The number of nitrogens with one attached hydrogen (secondary N) is 6. The third kappa shape index (κ3) is 11.1. The van der Waals surface area contributed by atoms with E-state index < -0.39 is 76.1 Å². The number of allylic oxidation sites excluding steroid dienone is 2. The van der Waals surface area contributed by atoms with Crippen molar-refractivity contribution in [3.8, 4) is 0 Å². The van der Waals surface area contributed by atoms with Gasteiger partial charge in [0.1, 0.15) is 18.7 Å². The number of carbonyl (C=O) groups is 7. The van der Waals surface area contributed by atoms with Crippen LogP contribution in [0.2, 0.25) is 0 Å². The van der Waals surface area contributed by atoms with Crippen LogP contribution < -0.4 is 43.6 Å². The van der Waals surface area contributed by atoms with E-state index in [4.69, 9.17) is 20.9 Å². The predicted molar refractivity (Wildman–Crippen MR) is 261 cm³/mol. The number of ether oxygens (including phenoxy) is 2. The number of hydrogen-bond donors (Lipinski definition) is 10. The SMILES string of the molecule is CO[C@]12N[C@H]1CN1C3=C(C(=O)C(NC(C)(C)CCSSC[C@H](NC(C)(C)C(=O)CC[C@H](NC(=O)c4ccc(NCc5cnc6nc(N)[nH]c(=O)c6n5)cc4)C(=O)O)C(=O)O)=C(C)C3=O)[C@@H](COC(N)=O)C12. The number of aromatic nitrogens is 4. The van der Waals surface area contributed by atoms with Crippen molar-refractivity contribution in [1.29, 1.82) is 0 Å². The lowest BCUT2D eigenvalue weighted by Gasteiger charge is -2.32. The van der Waals surface area contributed by atoms with Crippen molar-refractivity contribution >= 4 is 85.7 Å². The van der Waals surface area contributed by atoms with Crippen molar-refractivity contribution in [3.05, 3.63) is 74.6 Å². The van der Waals surface area contributed by atoms with E-state index in [-0.39, 0.29) is 94.6 Å². The second kappa shape index (κ2) is 20.6. The normalized spacial score (nSPS) is 21.3. The van der Waals surface area contributed by atoms with Gasteiger partial charge in [-0.05, 0) is 71.7 Å². The molecule has 0 radical (unpaired) electrons. The number of H-pyrrole nitrogens is 1. The van der Waals surface area contributed by atoms with Crippen molar-refractivity contribution in [2.24, 2.45) is 11.7 Å². The first-order valence-corrected chi connectivity index (χ1v) is 25.0. The molecular weight excluding hydrogens is 965 g/mol. The van der Waals surface area contributed by atoms with E-state index in [0.29, 0.717) is 30.1 Å². The molecule has 4 aliphatic rings. The fourth-order valence-electron chi connectivity index (χ4n) is 9.06. The minimum Gasteiger partial charge on any atom is -0.480 e. The summed E-state index contributed by atoms with van der Waals surface area (Å²) in [4.78, 5) is 120. The number of aromatic amines is 1. The lowest BCUT2D eigenvalue weighted by atomic mass is 9.82. The van der Waals surface area contributed by atoms with E-state index in [1.54, 1.807) is 26.2 Å².